The summed E-state index contributed by atoms with van der Waals surface area (Å²) in [4.78, 5) is 4.30. The highest BCUT2D eigenvalue weighted by Crippen LogP contribution is 2.20. The molecule has 0 aliphatic heterocycles. The lowest BCUT2D eigenvalue weighted by atomic mass is 10.1. The van der Waals surface area contributed by atoms with Crippen LogP contribution in [-0.4, -0.2) is 18.6 Å². The molecule has 0 fully saturated rings. The molecular formula is C16H29N3O. The molecule has 1 aromatic rings. The summed E-state index contributed by atoms with van der Waals surface area (Å²) in [6, 6.07) is 3.71. The molecule has 0 saturated heterocycles. The number of aromatic nitrogens is 1. The Balaban J connectivity index is 2.06. The third-order valence-electron chi connectivity index (χ3n) is 3.42. The first-order valence-electron chi connectivity index (χ1n) is 7.82. The van der Waals surface area contributed by atoms with Gasteiger partial charge in [-0.15, -0.1) is 0 Å². The van der Waals surface area contributed by atoms with Crippen molar-refractivity contribution in [1.82, 2.24) is 4.98 Å². The molecule has 1 heterocycles. The van der Waals surface area contributed by atoms with Crippen LogP contribution in [0.15, 0.2) is 12.1 Å². The van der Waals surface area contributed by atoms with E-state index in [0.717, 1.165) is 12.4 Å². The van der Waals surface area contributed by atoms with E-state index in [1.165, 1.54) is 51.4 Å². The lowest BCUT2D eigenvalue weighted by molar-refractivity contribution is 0.401. The Morgan fingerprint density at radius 1 is 1.05 bits per heavy atom. The number of hydrogen-bond donors (Lipinski definition) is 2. The number of nitrogens with zero attached hydrogens (tertiary/aromatic N) is 1. The summed E-state index contributed by atoms with van der Waals surface area (Å²) in [6.07, 6.45) is 10.7. The Hall–Kier alpha value is -1.45. The van der Waals surface area contributed by atoms with Gasteiger partial charge in [0.2, 0.25) is 5.88 Å². The van der Waals surface area contributed by atoms with Crippen molar-refractivity contribution >= 4 is 11.5 Å². The number of hydrogen-bond acceptors (Lipinski definition) is 4. The number of rotatable bonds is 11. The number of methoxy groups -OCH3 is 1. The molecule has 20 heavy (non-hydrogen) atoms. The van der Waals surface area contributed by atoms with Crippen molar-refractivity contribution in [3.63, 3.8) is 0 Å². The summed E-state index contributed by atoms with van der Waals surface area (Å²) in [5.74, 6) is 1.32. The summed E-state index contributed by atoms with van der Waals surface area (Å²) in [5.41, 5.74) is 6.30. The predicted molar refractivity (Wildman–Crippen MR) is 86.3 cm³/mol. The Bertz CT molecular complexity index is 369. The van der Waals surface area contributed by atoms with Crippen molar-refractivity contribution in [2.45, 2.75) is 58.3 Å². The van der Waals surface area contributed by atoms with Gasteiger partial charge in [0.25, 0.3) is 0 Å². The first kappa shape index (κ1) is 16.6. The van der Waals surface area contributed by atoms with Gasteiger partial charge in [0.05, 0.1) is 12.8 Å². The van der Waals surface area contributed by atoms with E-state index in [-0.39, 0.29) is 0 Å². The maximum Gasteiger partial charge on any atom is 0.238 e. The first-order valence-corrected chi connectivity index (χ1v) is 7.82. The molecule has 4 nitrogen and oxygen atoms in total. The fraction of sp³-hybridized carbons (Fsp3) is 0.688. The van der Waals surface area contributed by atoms with E-state index in [9.17, 15) is 0 Å². The number of pyridine rings is 1. The lowest BCUT2D eigenvalue weighted by Crippen LogP contribution is -2.05. The largest absolute Gasteiger partial charge is 0.479 e. The highest BCUT2D eigenvalue weighted by molar-refractivity contribution is 5.53. The Labute approximate surface area is 123 Å². The molecule has 0 atom stereocenters. The maximum absolute atomic E-state index is 5.73. The van der Waals surface area contributed by atoms with E-state index in [2.05, 4.69) is 17.2 Å². The van der Waals surface area contributed by atoms with Gasteiger partial charge >= 0.3 is 0 Å². The van der Waals surface area contributed by atoms with E-state index >= 15 is 0 Å². The molecule has 0 aliphatic rings. The molecule has 0 aromatic carbocycles. The zero-order chi connectivity index (χ0) is 14.6. The fourth-order valence-electron chi connectivity index (χ4n) is 2.19. The third-order valence-corrected chi connectivity index (χ3v) is 3.42. The van der Waals surface area contributed by atoms with Crippen LogP contribution in [-0.2, 0) is 0 Å². The van der Waals surface area contributed by atoms with Gasteiger partial charge in [-0.3, -0.25) is 0 Å². The van der Waals surface area contributed by atoms with Crippen LogP contribution in [0.5, 0.6) is 5.88 Å². The molecule has 1 aromatic heterocycles. The van der Waals surface area contributed by atoms with E-state index in [1.807, 2.05) is 12.1 Å². The smallest absolute Gasteiger partial charge is 0.238 e. The lowest BCUT2D eigenvalue weighted by Gasteiger charge is -2.08. The average molecular weight is 279 g/mol. The van der Waals surface area contributed by atoms with Crippen LogP contribution < -0.4 is 15.8 Å². The van der Waals surface area contributed by atoms with Gasteiger partial charge in [-0.05, 0) is 18.6 Å². The van der Waals surface area contributed by atoms with Crippen LogP contribution >= 0.6 is 0 Å². The van der Waals surface area contributed by atoms with Gasteiger partial charge < -0.3 is 15.8 Å². The predicted octanol–water partition coefficient (Wildman–Crippen LogP) is 4.23. The molecule has 0 saturated carbocycles. The van der Waals surface area contributed by atoms with Crippen molar-refractivity contribution in [2.24, 2.45) is 0 Å². The van der Waals surface area contributed by atoms with Gasteiger partial charge in [-0.25, -0.2) is 0 Å². The van der Waals surface area contributed by atoms with E-state index in [0.29, 0.717) is 11.6 Å². The van der Waals surface area contributed by atoms with Gasteiger partial charge in [-0.1, -0.05) is 51.9 Å². The molecule has 0 radical (unpaired) electrons. The number of nitrogen functional groups attached to an aromatic ring is 1. The quantitative estimate of drug-likeness (QED) is 0.595. The monoisotopic (exact) mass is 279 g/mol. The van der Waals surface area contributed by atoms with Crippen molar-refractivity contribution in [3.05, 3.63) is 12.1 Å². The van der Waals surface area contributed by atoms with E-state index in [4.69, 9.17) is 10.5 Å². The second-order valence-corrected chi connectivity index (χ2v) is 5.20. The first-order chi connectivity index (χ1) is 9.77. The van der Waals surface area contributed by atoms with Crippen LogP contribution in [0.4, 0.5) is 11.5 Å². The molecule has 0 unspecified atom stereocenters. The second kappa shape index (κ2) is 10.4. The van der Waals surface area contributed by atoms with Crippen LogP contribution in [0, 0.1) is 0 Å². The summed E-state index contributed by atoms with van der Waals surface area (Å²) in [7, 11) is 1.58. The number of nitrogens with one attached hydrogen (secondary N) is 1. The summed E-state index contributed by atoms with van der Waals surface area (Å²) in [6.45, 7) is 3.21. The van der Waals surface area contributed by atoms with Gasteiger partial charge in [0.15, 0.2) is 0 Å². The maximum atomic E-state index is 5.73. The van der Waals surface area contributed by atoms with Crippen LogP contribution in [0.3, 0.4) is 0 Å². The van der Waals surface area contributed by atoms with Crippen LogP contribution in [0.1, 0.15) is 58.3 Å². The molecule has 0 spiro atoms. The van der Waals surface area contributed by atoms with Crippen LogP contribution in [0.2, 0.25) is 0 Å². The Morgan fingerprint density at radius 2 is 1.70 bits per heavy atom. The highest BCUT2D eigenvalue weighted by Gasteiger charge is 2.02. The molecule has 4 heteroatoms. The standard InChI is InChI=1S/C16H29N3O/c1-3-4-5-6-7-8-9-10-13-18-15-12-11-14(17)16(19-15)20-2/h11-12H,3-10,13,17H2,1-2H3,(H,18,19). The minimum atomic E-state index is 0.492. The molecule has 0 bridgehead atoms. The zero-order valence-corrected chi connectivity index (χ0v) is 13.0. The normalized spacial score (nSPS) is 10.5. The Kier molecular flexibility index (Phi) is 8.59. The number of unbranched alkanes of at least 4 members (excludes halogenated alkanes) is 7. The third kappa shape index (κ3) is 6.64. The highest BCUT2D eigenvalue weighted by atomic mass is 16.5. The average Bonchev–Trinajstić information content (AvgIpc) is 2.47. The van der Waals surface area contributed by atoms with Crippen molar-refractivity contribution in [1.29, 1.82) is 0 Å². The minimum Gasteiger partial charge on any atom is -0.479 e. The summed E-state index contributed by atoms with van der Waals surface area (Å²) >= 11 is 0. The van der Waals surface area contributed by atoms with Crippen LogP contribution in [0.25, 0.3) is 0 Å². The summed E-state index contributed by atoms with van der Waals surface area (Å²) in [5, 5.41) is 3.31. The second-order valence-electron chi connectivity index (χ2n) is 5.20. The zero-order valence-electron chi connectivity index (χ0n) is 13.0. The van der Waals surface area contributed by atoms with Gasteiger partial charge in [0.1, 0.15) is 5.82 Å². The number of nitrogens with two attached hydrogens (primary N) is 1. The molecular weight excluding hydrogens is 250 g/mol. The van der Waals surface area contributed by atoms with Gasteiger partial charge in [-0.2, -0.15) is 4.98 Å². The van der Waals surface area contributed by atoms with E-state index < -0.39 is 0 Å². The van der Waals surface area contributed by atoms with Gasteiger partial charge in [0, 0.05) is 6.54 Å². The van der Waals surface area contributed by atoms with Crippen molar-refractivity contribution < 1.29 is 4.74 Å². The molecule has 0 aliphatic carbocycles. The minimum absolute atomic E-state index is 0.492. The molecule has 3 N–H and O–H groups in total. The topological polar surface area (TPSA) is 60.2 Å². The van der Waals surface area contributed by atoms with E-state index in [1.54, 1.807) is 7.11 Å². The summed E-state index contributed by atoms with van der Waals surface area (Å²) < 4.78 is 5.10. The Morgan fingerprint density at radius 3 is 2.35 bits per heavy atom. The molecule has 1 rings (SSSR count). The van der Waals surface area contributed by atoms with Crippen molar-refractivity contribution in [3.8, 4) is 5.88 Å². The molecule has 0 amide bonds. The molecule has 114 valence electrons. The SMILES string of the molecule is CCCCCCCCCCNc1ccc(N)c(OC)n1. The van der Waals surface area contributed by atoms with Crippen molar-refractivity contribution in [2.75, 3.05) is 24.7 Å². The number of anilines is 2. The number of ether oxygens (including phenoxy) is 1. The fourth-order valence-corrected chi connectivity index (χ4v) is 2.19.